The van der Waals surface area contributed by atoms with Gasteiger partial charge in [-0.05, 0) is 18.2 Å². The number of carbonyl (C=O) groups is 1. The van der Waals surface area contributed by atoms with E-state index in [4.69, 9.17) is 14.8 Å². The Kier molecular flexibility index (Phi) is 3.95. The van der Waals surface area contributed by atoms with E-state index < -0.39 is 0 Å². The number of aromatic nitrogens is 1. The van der Waals surface area contributed by atoms with E-state index in [9.17, 15) is 4.79 Å². The Balaban J connectivity index is 0.00000169. The Morgan fingerprint density at radius 3 is 2.62 bits per heavy atom. The fraction of sp³-hybridized carbons (Fsp3) is 0.0556. The minimum absolute atomic E-state index is 0. The number of rotatable bonds is 1. The highest BCUT2D eigenvalue weighted by atomic mass is 35.5. The van der Waals surface area contributed by atoms with Crippen molar-refractivity contribution in [2.75, 3.05) is 5.32 Å². The molecule has 3 N–H and O–H groups in total. The molecule has 0 saturated carbocycles. The smallest absolute Gasteiger partial charge is 0.221 e. The molecule has 24 heavy (non-hydrogen) atoms. The highest BCUT2D eigenvalue weighted by molar-refractivity contribution is 5.97. The normalized spacial score (nSPS) is 10.7. The van der Waals surface area contributed by atoms with Gasteiger partial charge >= 0.3 is 0 Å². The number of fused-ring (bicyclic) bond motifs is 4. The third-order valence-corrected chi connectivity index (χ3v) is 3.75. The molecule has 2 aromatic carbocycles. The van der Waals surface area contributed by atoms with Crippen molar-refractivity contribution >= 4 is 33.5 Å². The Bertz CT molecular complexity index is 1100. The number of nitrogens with two attached hydrogens (primary N) is 1. The van der Waals surface area contributed by atoms with E-state index in [2.05, 4.69) is 5.32 Å². The van der Waals surface area contributed by atoms with Crippen molar-refractivity contribution in [1.29, 1.82) is 0 Å². The number of benzene rings is 3. The fourth-order valence-electron chi connectivity index (χ4n) is 2.76. The maximum atomic E-state index is 11.2. The second kappa shape index (κ2) is 5.94. The van der Waals surface area contributed by atoms with E-state index in [0.717, 1.165) is 22.0 Å². The molecule has 1 aliphatic heterocycles. The van der Waals surface area contributed by atoms with E-state index in [1.807, 2.05) is 30.3 Å². The average molecular weight is 340 g/mol. The van der Waals surface area contributed by atoms with Gasteiger partial charge in [-0.1, -0.05) is 18.2 Å². The van der Waals surface area contributed by atoms with Crippen LogP contribution in [0, 0.1) is 0 Å². The molecule has 2 aromatic rings. The Hall–Kier alpha value is -2.92. The molecule has 6 heteroatoms. The molecule has 1 heterocycles. The zero-order valence-corrected chi connectivity index (χ0v) is 13.6. The van der Waals surface area contributed by atoms with Crippen LogP contribution in [0.2, 0.25) is 0 Å². The van der Waals surface area contributed by atoms with Crippen molar-refractivity contribution in [3.8, 4) is 11.5 Å². The highest BCUT2D eigenvalue weighted by Crippen LogP contribution is 2.30. The number of nitrogens with one attached hydrogen (secondary N) is 1. The van der Waals surface area contributed by atoms with Crippen LogP contribution >= 0.6 is 0 Å². The molecule has 0 saturated heterocycles. The lowest BCUT2D eigenvalue weighted by atomic mass is 10.0. The number of hydrogen-bond donors (Lipinski definition) is 2. The Morgan fingerprint density at radius 2 is 1.88 bits per heavy atom. The first-order chi connectivity index (χ1) is 11.1. The second-order valence-electron chi connectivity index (χ2n) is 5.44. The first kappa shape index (κ1) is 16.0. The molecule has 0 bridgehead atoms. The molecule has 0 fully saturated rings. The van der Waals surface area contributed by atoms with Gasteiger partial charge in [0.1, 0.15) is 11.2 Å². The van der Waals surface area contributed by atoms with Gasteiger partial charge in [0.25, 0.3) is 0 Å². The topological polar surface area (TPSA) is 80.7 Å². The molecule has 0 atom stereocenters. The van der Waals surface area contributed by atoms with Gasteiger partial charge < -0.3 is 22.1 Å². The summed E-state index contributed by atoms with van der Waals surface area (Å²) >= 11 is 0. The third kappa shape index (κ3) is 2.59. The van der Waals surface area contributed by atoms with E-state index in [1.165, 1.54) is 6.92 Å². The lowest BCUT2D eigenvalue weighted by Crippen LogP contribution is -3.00. The number of hydrogen-bond acceptors (Lipinski definition) is 3. The molecule has 1 aliphatic carbocycles. The van der Waals surface area contributed by atoms with Gasteiger partial charge in [0, 0.05) is 24.1 Å². The van der Waals surface area contributed by atoms with Crippen LogP contribution in [0.5, 0.6) is 0 Å². The standard InChI is InChI=1S/C18H13N3O2.ClH/c1-10(22)20-11-6-7-15-16(8-11)23-17-9-14(19)12-4-2-3-5-13(12)18(17)21-15;/h2-9,19H,1H3,(H,20,22);1H. The quantitative estimate of drug-likeness (QED) is 0.334. The molecule has 1 amide bonds. The van der Waals surface area contributed by atoms with Crippen LogP contribution in [0.4, 0.5) is 5.69 Å². The van der Waals surface area contributed by atoms with Crippen LogP contribution in [-0.4, -0.2) is 10.9 Å². The molecule has 0 spiro atoms. The molecule has 4 rings (SSSR count). The van der Waals surface area contributed by atoms with Crippen LogP contribution in [0.3, 0.4) is 0 Å². The van der Waals surface area contributed by atoms with Crippen molar-refractivity contribution in [2.45, 2.75) is 6.92 Å². The summed E-state index contributed by atoms with van der Waals surface area (Å²) in [5.74, 6) is 0.488. The van der Waals surface area contributed by atoms with Gasteiger partial charge in [0.05, 0.1) is 11.5 Å². The van der Waals surface area contributed by atoms with Crippen molar-refractivity contribution in [3.63, 3.8) is 0 Å². The predicted octanol–water partition coefficient (Wildman–Crippen LogP) is -1.29. The van der Waals surface area contributed by atoms with Crippen LogP contribution in [0.1, 0.15) is 6.92 Å². The summed E-state index contributed by atoms with van der Waals surface area (Å²) in [5.41, 5.74) is 2.76. The number of carbonyl (C=O) groups excluding carboxylic acids is 1. The van der Waals surface area contributed by atoms with Gasteiger partial charge in [0.15, 0.2) is 11.3 Å². The van der Waals surface area contributed by atoms with Crippen molar-refractivity contribution in [1.82, 2.24) is 4.98 Å². The van der Waals surface area contributed by atoms with Gasteiger partial charge in [-0.2, -0.15) is 0 Å². The average Bonchev–Trinajstić information content (AvgIpc) is 2.53. The summed E-state index contributed by atoms with van der Waals surface area (Å²) in [6.07, 6.45) is 0. The van der Waals surface area contributed by atoms with Crippen LogP contribution in [0.15, 0.2) is 52.9 Å². The largest absolute Gasteiger partial charge is 1.00 e. The minimum atomic E-state index is -0.131. The Morgan fingerprint density at radius 1 is 1.12 bits per heavy atom. The molecule has 0 radical (unpaired) electrons. The monoisotopic (exact) mass is 339 g/mol. The Labute approximate surface area is 143 Å². The van der Waals surface area contributed by atoms with Gasteiger partial charge in [0.2, 0.25) is 11.3 Å². The summed E-state index contributed by atoms with van der Waals surface area (Å²) in [4.78, 5) is 15.9. The summed E-state index contributed by atoms with van der Waals surface area (Å²) in [6.45, 7) is 1.47. The lowest BCUT2D eigenvalue weighted by molar-refractivity contribution is -0.170. The predicted molar refractivity (Wildman–Crippen MR) is 87.5 cm³/mol. The van der Waals surface area contributed by atoms with Gasteiger partial charge in [-0.3, -0.25) is 10.2 Å². The van der Waals surface area contributed by atoms with E-state index >= 15 is 0 Å². The van der Waals surface area contributed by atoms with Crippen LogP contribution in [-0.2, 0) is 4.79 Å². The van der Waals surface area contributed by atoms with Crippen molar-refractivity contribution in [3.05, 3.63) is 53.9 Å². The number of anilines is 1. The molecular weight excluding hydrogens is 326 g/mol. The zero-order valence-electron chi connectivity index (χ0n) is 12.8. The third-order valence-electron chi connectivity index (χ3n) is 3.75. The zero-order chi connectivity index (χ0) is 16.0. The molecule has 0 aromatic heterocycles. The number of amides is 1. The van der Waals surface area contributed by atoms with Gasteiger partial charge in [-0.15, -0.1) is 0 Å². The summed E-state index contributed by atoms with van der Waals surface area (Å²) in [6, 6.07) is 15.0. The maximum Gasteiger partial charge on any atom is 0.221 e. The van der Waals surface area contributed by atoms with Crippen LogP contribution < -0.4 is 28.5 Å². The first-order valence-corrected chi connectivity index (χ1v) is 7.24. The summed E-state index contributed by atoms with van der Waals surface area (Å²) in [7, 11) is 0. The minimum Gasteiger partial charge on any atom is -1.00 e. The maximum absolute atomic E-state index is 11.2. The molecule has 2 aliphatic rings. The first-order valence-electron chi connectivity index (χ1n) is 7.24. The SMILES string of the molecule is CC(=O)Nc1ccc2nc3c4ccccc4c(=[NH2+])cc-3oc2c1.[Cl-]. The fourth-order valence-corrected chi connectivity index (χ4v) is 2.76. The van der Waals surface area contributed by atoms with E-state index in [-0.39, 0.29) is 18.3 Å². The van der Waals surface area contributed by atoms with Crippen LogP contribution in [0.25, 0.3) is 33.3 Å². The number of halogens is 1. The lowest BCUT2D eigenvalue weighted by Gasteiger charge is -2.09. The number of nitrogens with zero attached hydrogens (tertiary/aromatic N) is 1. The summed E-state index contributed by atoms with van der Waals surface area (Å²) in [5, 5.41) is 11.4. The van der Waals surface area contributed by atoms with Crippen molar-refractivity contribution in [2.24, 2.45) is 0 Å². The van der Waals surface area contributed by atoms with E-state index in [0.29, 0.717) is 22.4 Å². The van der Waals surface area contributed by atoms with Crippen molar-refractivity contribution < 1.29 is 27.0 Å². The second-order valence-corrected chi connectivity index (χ2v) is 5.44. The van der Waals surface area contributed by atoms with E-state index in [1.54, 1.807) is 18.2 Å². The van der Waals surface area contributed by atoms with Gasteiger partial charge in [-0.25, -0.2) is 4.98 Å². The highest BCUT2D eigenvalue weighted by Gasteiger charge is 2.16. The molecular formula is C18H14ClN3O2. The molecule has 5 nitrogen and oxygen atoms in total. The molecule has 120 valence electrons. The molecule has 0 unspecified atom stereocenters. The summed E-state index contributed by atoms with van der Waals surface area (Å²) < 4.78 is 5.96.